The molecule has 2 aliphatic rings. The standard InChI is InChI=1S/C13H22O12/c14-2-5-8(18)9(19)11(23-5)24-6(3-15)10-7(17)4(16)1-13(22,25-10)12(20)21/h4-11,14-19,22H,1-3H2,(H,20,21)/t4-,5-,6-,7-,8-,9-,10-,11+,13+/m1/s1. The van der Waals surface area contributed by atoms with Crippen LogP contribution in [0.2, 0.25) is 0 Å². The first kappa shape index (κ1) is 20.4. The van der Waals surface area contributed by atoms with Gasteiger partial charge in [-0.25, -0.2) is 4.79 Å². The van der Waals surface area contributed by atoms with Crippen LogP contribution >= 0.6 is 0 Å². The maximum Gasteiger partial charge on any atom is 0.364 e. The van der Waals surface area contributed by atoms with E-state index in [4.69, 9.17) is 24.4 Å². The second-order valence-corrected chi connectivity index (χ2v) is 6.00. The van der Waals surface area contributed by atoms with E-state index in [-0.39, 0.29) is 0 Å². The molecule has 8 N–H and O–H groups in total. The first-order chi connectivity index (χ1) is 11.6. The van der Waals surface area contributed by atoms with E-state index in [0.29, 0.717) is 0 Å². The number of hydrogen-bond donors (Lipinski definition) is 8. The Bertz CT molecular complexity index is 474. The predicted molar refractivity (Wildman–Crippen MR) is 73.8 cm³/mol. The summed E-state index contributed by atoms with van der Waals surface area (Å²) in [5, 5.41) is 76.6. The van der Waals surface area contributed by atoms with Crippen molar-refractivity contribution in [3.63, 3.8) is 0 Å². The lowest BCUT2D eigenvalue weighted by molar-refractivity contribution is -0.324. The monoisotopic (exact) mass is 370 g/mol. The zero-order chi connectivity index (χ0) is 18.9. The highest BCUT2D eigenvalue weighted by Crippen LogP contribution is 2.32. The topological polar surface area (TPSA) is 207 Å². The van der Waals surface area contributed by atoms with Crippen molar-refractivity contribution < 1.29 is 59.9 Å². The van der Waals surface area contributed by atoms with E-state index in [0.717, 1.165) is 0 Å². The third-order valence-electron chi connectivity index (χ3n) is 4.24. The van der Waals surface area contributed by atoms with Crippen molar-refractivity contribution in [2.75, 3.05) is 13.2 Å². The molecule has 2 heterocycles. The fourth-order valence-electron chi connectivity index (χ4n) is 2.77. The lowest BCUT2D eigenvalue weighted by Crippen LogP contribution is -2.62. The molecule has 2 saturated heterocycles. The van der Waals surface area contributed by atoms with E-state index in [9.17, 15) is 35.4 Å². The number of ether oxygens (including phenoxy) is 3. The summed E-state index contributed by atoms with van der Waals surface area (Å²) in [6.07, 6.45) is -13.2. The van der Waals surface area contributed by atoms with Crippen LogP contribution in [0.1, 0.15) is 6.42 Å². The number of carboxylic acids is 1. The summed E-state index contributed by atoms with van der Waals surface area (Å²) in [4.78, 5) is 11.1. The first-order valence-corrected chi connectivity index (χ1v) is 7.53. The normalized spacial score (nSPS) is 46.1. The van der Waals surface area contributed by atoms with Crippen molar-refractivity contribution in [3.05, 3.63) is 0 Å². The lowest BCUT2D eigenvalue weighted by atomic mass is 9.92. The lowest BCUT2D eigenvalue weighted by Gasteiger charge is -2.42. The van der Waals surface area contributed by atoms with Gasteiger partial charge in [-0.2, -0.15) is 0 Å². The predicted octanol–water partition coefficient (Wildman–Crippen LogP) is -4.91. The molecule has 25 heavy (non-hydrogen) atoms. The van der Waals surface area contributed by atoms with Crippen molar-refractivity contribution in [1.29, 1.82) is 0 Å². The molecule has 0 bridgehead atoms. The van der Waals surface area contributed by atoms with Crippen LogP contribution in [0.5, 0.6) is 0 Å². The van der Waals surface area contributed by atoms with E-state index in [1.807, 2.05) is 0 Å². The van der Waals surface area contributed by atoms with Gasteiger partial charge in [0.1, 0.15) is 36.6 Å². The Morgan fingerprint density at radius 1 is 1.16 bits per heavy atom. The number of aliphatic hydroxyl groups excluding tert-OH is 6. The Hall–Kier alpha value is -0.930. The minimum Gasteiger partial charge on any atom is -0.477 e. The minimum atomic E-state index is -2.82. The van der Waals surface area contributed by atoms with E-state index in [1.54, 1.807) is 0 Å². The number of rotatable bonds is 6. The Labute approximate surface area is 141 Å². The maximum absolute atomic E-state index is 11.1. The number of carbonyl (C=O) groups is 1. The molecule has 0 aromatic carbocycles. The summed E-state index contributed by atoms with van der Waals surface area (Å²) in [7, 11) is 0. The highest BCUT2D eigenvalue weighted by atomic mass is 16.7. The van der Waals surface area contributed by atoms with Crippen molar-refractivity contribution in [1.82, 2.24) is 0 Å². The van der Waals surface area contributed by atoms with E-state index in [1.165, 1.54) is 0 Å². The Morgan fingerprint density at radius 2 is 1.80 bits per heavy atom. The summed E-state index contributed by atoms with van der Waals surface area (Å²) in [5.74, 6) is -4.63. The summed E-state index contributed by atoms with van der Waals surface area (Å²) in [6.45, 7) is -1.49. The van der Waals surface area contributed by atoms with Crippen molar-refractivity contribution in [2.24, 2.45) is 0 Å². The van der Waals surface area contributed by atoms with Gasteiger partial charge in [0.2, 0.25) is 0 Å². The van der Waals surface area contributed by atoms with Gasteiger partial charge in [-0.05, 0) is 0 Å². The van der Waals surface area contributed by atoms with Crippen molar-refractivity contribution in [2.45, 2.75) is 61.2 Å². The number of aliphatic carboxylic acids is 1. The fraction of sp³-hybridized carbons (Fsp3) is 0.923. The summed E-state index contributed by atoms with van der Waals surface area (Å²) >= 11 is 0. The molecule has 0 saturated carbocycles. The van der Waals surface area contributed by atoms with Crippen LogP contribution < -0.4 is 0 Å². The summed E-state index contributed by atoms with van der Waals surface area (Å²) < 4.78 is 15.2. The second kappa shape index (κ2) is 7.75. The van der Waals surface area contributed by atoms with Gasteiger partial charge in [-0.1, -0.05) is 0 Å². The third kappa shape index (κ3) is 3.93. The number of aliphatic hydroxyl groups is 7. The average Bonchev–Trinajstić information content (AvgIpc) is 2.83. The molecule has 0 unspecified atom stereocenters. The number of hydrogen-bond acceptors (Lipinski definition) is 11. The largest absolute Gasteiger partial charge is 0.477 e. The van der Waals surface area contributed by atoms with Crippen LogP contribution in [0.15, 0.2) is 0 Å². The molecule has 0 spiro atoms. The smallest absolute Gasteiger partial charge is 0.364 e. The molecule has 0 aliphatic carbocycles. The van der Waals surface area contributed by atoms with E-state index >= 15 is 0 Å². The molecule has 12 nitrogen and oxygen atoms in total. The molecule has 2 fully saturated rings. The van der Waals surface area contributed by atoms with E-state index < -0.39 is 80.4 Å². The van der Waals surface area contributed by atoms with Crippen LogP contribution in [0, 0.1) is 0 Å². The fourth-order valence-corrected chi connectivity index (χ4v) is 2.77. The molecule has 0 radical (unpaired) electrons. The van der Waals surface area contributed by atoms with Crippen LogP contribution in [0.3, 0.4) is 0 Å². The highest BCUT2D eigenvalue weighted by molar-refractivity contribution is 5.75. The van der Waals surface area contributed by atoms with Gasteiger partial charge in [0.05, 0.1) is 19.3 Å². The highest BCUT2D eigenvalue weighted by Gasteiger charge is 2.54. The SMILES string of the molecule is O=C(O)[C@]1(O)C[C@@H](O)[C@@H](O)[C@@H]([C@@H](CO)O[C@@H]2O[C@H](CO)[C@@H](O)[C@H]2O)O1. The van der Waals surface area contributed by atoms with Crippen molar-refractivity contribution in [3.8, 4) is 0 Å². The molecule has 0 amide bonds. The van der Waals surface area contributed by atoms with Crippen LogP contribution in [-0.2, 0) is 19.0 Å². The maximum atomic E-state index is 11.1. The second-order valence-electron chi connectivity index (χ2n) is 6.00. The molecular formula is C13H22O12. The number of carboxylic acid groups (broad SMARTS) is 1. The van der Waals surface area contributed by atoms with Crippen LogP contribution in [0.25, 0.3) is 0 Å². The molecule has 2 rings (SSSR count). The molecule has 146 valence electrons. The zero-order valence-corrected chi connectivity index (χ0v) is 13.0. The molecule has 9 atom stereocenters. The van der Waals surface area contributed by atoms with Gasteiger partial charge in [0, 0.05) is 6.42 Å². The van der Waals surface area contributed by atoms with Gasteiger partial charge in [0.25, 0.3) is 5.79 Å². The van der Waals surface area contributed by atoms with Gasteiger partial charge < -0.3 is 55.1 Å². The van der Waals surface area contributed by atoms with Crippen LogP contribution in [0.4, 0.5) is 0 Å². The van der Waals surface area contributed by atoms with E-state index in [2.05, 4.69) is 0 Å². The summed E-state index contributed by atoms with van der Waals surface area (Å²) in [5.41, 5.74) is 0. The average molecular weight is 370 g/mol. The summed E-state index contributed by atoms with van der Waals surface area (Å²) in [6, 6.07) is 0. The third-order valence-corrected chi connectivity index (χ3v) is 4.24. The molecular weight excluding hydrogens is 348 g/mol. The van der Waals surface area contributed by atoms with Gasteiger partial charge in [-0.15, -0.1) is 0 Å². The molecule has 2 aliphatic heterocycles. The molecule has 12 heteroatoms. The van der Waals surface area contributed by atoms with Crippen LogP contribution in [-0.4, -0.2) is 115 Å². The Balaban J connectivity index is 2.14. The molecule has 0 aromatic heterocycles. The molecule has 0 aromatic rings. The van der Waals surface area contributed by atoms with Gasteiger partial charge in [0.15, 0.2) is 6.29 Å². The zero-order valence-electron chi connectivity index (χ0n) is 13.0. The Morgan fingerprint density at radius 3 is 2.28 bits per heavy atom. The van der Waals surface area contributed by atoms with Gasteiger partial charge >= 0.3 is 5.97 Å². The first-order valence-electron chi connectivity index (χ1n) is 7.53. The minimum absolute atomic E-state index is 0.623. The Kier molecular flexibility index (Phi) is 6.32. The quantitative estimate of drug-likeness (QED) is 0.221. The van der Waals surface area contributed by atoms with Crippen molar-refractivity contribution >= 4 is 5.97 Å². The van der Waals surface area contributed by atoms with Gasteiger partial charge in [-0.3, -0.25) is 0 Å².